The Balaban J connectivity index is 1.60. The maximum absolute atomic E-state index is 12.3. The van der Waals surface area contributed by atoms with E-state index in [9.17, 15) is 4.79 Å². The number of carbonyl (C=O) groups excluding carboxylic acids is 1. The second-order valence-corrected chi connectivity index (χ2v) is 6.44. The Hall–Kier alpha value is -2.48. The fourth-order valence-corrected chi connectivity index (χ4v) is 2.52. The minimum atomic E-state index is -0.325. The number of hydrogen-bond donors (Lipinski definition) is 1. The van der Waals surface area contributed by atoms with Crippen LogP contribution in [0.1, 0.15) is 16.3 Å². The fraction of sp³-hybridized carbons (Fsp3) is 0.105. The first-order chi connectivity index (χ1) is 12.1. The summed E-state index contributed by atoms with van der Waals surface area (Å²) in [6, 6.07) is 18.2. The molecule has 1 aromatic heterocycles. The average molecular weight is 449 g/mol. The van der Waals surface area contributed by atoms with Crippen LogP contribution in [0.15, 0.2) is 65.1 Å². The van der Waals surface area contributed by atoms with E-state index in [1.54, 1.807) is 37.4 Å². The maximum Gasteiger partial charge on any atom is 0.291 e. The van der Waals surface area contributed by atoms with Crippen molar-refractivity contribution < 1.29 is 18.7 Å². The van der Waals surface area contributed by atoms with Crippen LogP contribution in [0.4, 0.5) is 5.69 Å². The Morgan fingerprint density at radius 3 is 2.64 bits per heavy atom. The van der Waals surface area contributed by atoms with Gasteiger partial charge in [0.2, 0.25) is 0 Å². The smallest absolute Gasteiger partial charge is 0.291 e. The van der Waals surface area contributed by atoms with E-state index in [-0.39, 0.29) is 18.3 Å². The summed E-state index contributed by atoms with van der Waals surface area (Å²) < 4.78 is 17.5. The van der Waals surface area contributed by atoms with Gasteiger partial charge in [0.15, 0.2) is 5.76 Å². The number of methoxy groups -OCH3 is 1. The lowest BCUT2D eigenvalue weighted by atomic mass is 10.3. The van der Waals surface area contributed by atoms with E-state index in [1.807, 2.05) is 30.3 Å². The van der Waals surface area contributed by atoms with Crippen LogP contribution in [0.2, 0.25) is 0 Å². The predicted molar refractivity (Wildman–Crippen MR) is 103 cm³/mol. The number of amides is 1. The van der Waals surface area contributed by atoms with Gasteiger partial charge < -0.3 is 19.2 Å². The quantitative estimate of drug-likeness (QED) is 0.554. The highest BCUT2D eigenvalue weighted by Gasteiger charge is 2.12. The lowest BCUT2D eigenvalue weighted by Crippen LogP contribution is -2.10. The van der Waals surface area contributed by atoms with Gasteiger partial charge in [0, 0.05) is 15.3 Å². The molecule has 0 atom stereocenters. The topological polar surface area (TPSA) is 60.7 Å². The van der Waals surface area contributed by atoms with Crippen LogP contribution in [0, 0.1) is 3.57 Å². The number of rotatable bonds is 6. The van der Waals surface area contributed by atoms with Gasteiger partial charge in [-0.3, -0.25) is 4.79 Å². The van der Waals surface area contributed by atoms with Gasteiger partial charge in [-0.25, -0.2) is 0 Å². The second kappa shape index (κ2) is 8.06. The van der Waals surface area contributed by atoms with E-state index in [0.717, 1.165) is 9.32 Å². The lowest BCUT2D eigenvalue weighted by molar-refractivity contribution is 0.0992. The number of furan rings is 1. The molecule has 0 spiro atoms. The van der Waals surface area contributed by atoms with E-state index in [1.165, 1.54) is 0 Å². The van der Waals surface area contributed by atoms with Crippen molar-refractivity contribution in [2.24, 2.45) is 0 Å². The number of carbonyl (C=O) groups is 1. The van der Waals surface area contributed by atoms with Crippen molar-refractivity contribution in [1.82, 2.24) is 0 Å². The molecule has 128 valence electrons. The molecule has 0 bridgehead atoms. The summed E-state index contributed by atoms with van der Waals surface area (Å²) in [5.41, 5.74) is 0.637. The molecular weight excluding hydrogens is 433 g/mol. The Kier molecular flexibility index (Phi) is 5.60. The SMILES string of the molecule is COc1cccc(NC(=O)c2ccc(COc3ccc(I)cc3)o2)c1. The molecule has 25 heavy (non-hydrogen) atoms. The summed E-state index contributed by atoms with van der Waals surface area (Å²) in [7, 11) is 1.58. The molecule has 0 aliphatic rings. The van der Waals surface area contributed by atoms with Crippen LogP contribution in [0.5, 0.6) is 11.5 Å². The Labute approximate surface area is 159 Å². The molecule has 6 heteroatoms. The molecule has 0 aliphatic carbocycles. The van der Waals surface area contributed by atoms with Crippen molar-refractivity contribution in [3.05, 3.63) is 75.8 Å². The van der Waals surface area contributed by atoms with Gasteiger partial charge in [0.25, 0.3) is 5.91 Å². The van der Waals surface area contributed by atoms with Gasteiger partial charge >= 0.3 is 0 Å². The van der Waals surface area contributed by atoms with Gasteiger partial charge in [-0.2, -0.15) is 0 Å². The fourth-order valence-electron chi connectivity index (χ4n) is 2.16. The molecular formula is C19H16INO4. The first-order valence-corrected chi connectivity index (χ1v) is 8.64. The van der Waals surface area contributed by atoms with E-state index < -0.39 is 0 Å². The van der Waals surface area contributed by atoms with E-state index in [0.29, 0.717) is 17.2 Å². The van der Waals surface area contributed by atoms with Crippen molar-refractivity contribution in [1.29, 1.82) is 0 Å². The van der Waals surface area contributed by atoms with Crippen LogP contribution in [-0.4, -0.2) is 13.0 Å². The molecule has 0 radical (unpaired) electrons. The molecule has 0 aliphatic heterocycles. The van der Waals surface area contributed by atoms with Crippen molar-refractivity contribution >= 4 is 34.2 Å². The molecule has 1 amide bonds. The third-order valence-corrected chi connectivity index (χ3v) is 4.13. The van der Waals surface area contributed by atoms with Crippen molar-refractivity contribution in [3.63, 3.8) is 0 Å². The van der Waals surface area contributed by atoms with Gasteiger partial charge in [-0.15, -0.1) is 0 Å². The molecule has 1 N–H and O–H groups in total. The molecule has 0 saturated heterocycles. The Morgan fingerprint density at radius 1 is 1.08 bits per heavy atom. The summed E-state index contributed by atoms with van der Waals surface area (Å²) >= 11 is 2.23. The molecule has 3 rings (SSSR count). The molecule has 0 saturated carbocycles. The van der Waals surface area contributed by atoms with Crippen LogP contribution < -0.4 is 14.8 Å². The summed E-state index contributed by atoms with van der Waals surface area (Å²) in [5.74, 6) is 1.90. The molecule has 0 fully saturated rings. The van der Waals surface area contributed by atoms with Gasteiger partial charge in [0.1, 0.15) is 23.9 Å². The highest BCUT2D eigenvalue weighted by atomic mass is 127. The third kappa shape index (κ3) is 4.76. The summed E-state index contributed by atoms with van der Waals surface area (Å²) in [4.78, 5) is 12.3. The van der Waals surface area contributed by atoms with E-state index in [2.05, 4.69) is 27.9 Å². The summed E-state index contributed by atoms with van der Waals surface area (Å²) in [5, 5.41) is 2.77. The zero-order valence-electron chi connectivity index (χ0n) is 13.5. The van der Waals surface area contributed by atoms with Gasteiger partial charge in [-0.1, -0.05) is 6.07 Å². The monoisotopic (exact) mass is 449 g/mol. The van der Waals surface area contributed by atoms with Crippen LogP contribution in [0.3, 0.4) is 0 Å². The first-order valence-electron chi connectivity index (χ1n) is 7.56. The van der Waals surface area contributed by atoms with Crippen molar-refractivity contribution in [2.75, 3.05) is 12.4 Å². The minimum Gasteiger partial charge on any atom is -0.497 e. The Morgan fingerprint density at radius 2 is 1.88 bits per heavy atom. The van der Waals surface area contributed by atoms with E-state index in [4.69, 9.17) is 13.9 Å². The minimum absolute atomic E-state index is 0.226. The van der Waals surface area contributed by atoms with E-state index >= 15 is 0 Å². The zero-order chi connectivity index (χ0) is 17.6. The van der Waals surface area contributed by atoms with Crippen LogP contribution in [-0.2, 0) is 6.61 Å². The molecule has 3 aromatic rings. The normalized spacial score (nSPS) is 10.3. The van der Waals surface area contributed by atoms with Crippen molar-refractivity contribution in [2.45, 2.75) is 6.61 Å². The summed E-state index contributed by atoms with van der Waals surface area (Å²) in [6.45, 7) is 0.257. The van der Waals surface area contributed by atoms with Crippen molar-refractivity contribution in [3.8, 4) is 11.5 Å². The predicted octanol–water partition coefficient (Wildman–Crippen LogP) is 4.72. The second-order valence-electron chi connectivity index (χ2n) is 5.19. The lowest BCUT2D eigenvalue weighted by Gasteiger charge is -2.06. The molecule has 0 unspecified atom stereocenters. The highest BCUT2D eigenvalue weighted by Crippen LogP contribution is 2.19. The maximum atomic E-state index is 12.3. The number of ether oxygens (including phenoxy) is 2. The average Bonchev–Trinajstić information content (AvgIpc) is 3.10. The molecule has 2 aromatic carbocycles. The number of benzene rings is 2. The van der Waals surface area contributed by atoms with Crippen LogP contribution >= 0.6 is 22.6 Å². The molecule has 1 heterocycles. The van der Waals surface area contributed by atoms with Gasteiger partial charge in [0.05, 0.1) is 7.11 Å². The number of halogens is 1. The first kappa shape index (κ1) is 17.3. The number of anilines is 1. The standard InChI is InChI=1S/C19H16INO4/c1-23-16-4-2-3-14(11-16)21-19(22)18-10-9-17(25-18)12-24-15-7-5-13(20)6-8-15/h2-11H,12H2,1H3,(H,21,22). The zero-order valence-corrected chi connectivity index (χ0v) is 15.6. The third-order valence-electron chi connectivity index (χ3n) is 3.41. The summed E-state index contributed by atoms with van der Waals surface area (Å²) in [6.07, 6.45) is 0. The van der Waals surface area contributed by atoms with Crippen LogP contribution in [0.25, 0.3) is 0 Å². The van der Waals surface area contributed by atoms with Gasteiger partial charge in [-0.05, 0) is 71.1 Å². The molecule has 5 nitrogen and oxygen atoms in total. The number of nitrogens with one attached hydrogen (secondary N) is 1. The largest absolute Gasteiger partial charge is 0.497 e. The highest BCUT2D eigenvalue weighted by molar-refractivity contribution is 14.1. The number of hydrogen-bond acceptors (Lipinski definition) is 4. The Bertz CT molecular complexity index is 858.